The van der Waals surface area contributed by atoms with Crippen LogP contribution in [0.2, 0.25) is 0 Å². The molecular weight excluding hydrogens is 274 g/mol. The first-order valence-corrected chi connectivity index (χ1v) is 6.05. The number of hydrogen-bond acceptors (Lipinski definition) is 4. The van der Waals surface area contributed by atoms with Crippen molar-refractivity contribution in [3.05, 3.63) is 58.6 Å². The fraction of sp³-hybridized carbons (Fsp3) is 0.0714. The SMILES string of the molecule is COc1ccc(NC(=O)Nc2ccccc2)cc1[N+](=O)[O-]. The number of hydrogen-bond donors (Lipinski definition) is 2. The minimum Gasteiger partial charge on any atom is -0.490 e. The van der Waals surface area contributed by atoms with Crippen LogP contribution in [-0.2, 0) is 0 Å². The molecule has 0 radical (unpaired) electrons. The van der Waals surface area contributed by atoms with Gasteiger partial charge in [0.2, 0.25) is 0 Å². The van der Waals surface area contributed by atoms with Crippen molar-refractivity contribution in [3.8, 4) is 5.75 Å². The summed E-state index contributed by atoms with van der Waals surface area (Å²) < 4.78 is 4.89. The van der Waals surface area contributed by atoms with E-state index in [-0.39, 0.29) is 11.4 Å². The molecule has 2 N–H and O–H groups in total. The summed E-state index contributed by atoms with van der Waals surface area (Å²) in [5.41, 5.74) is 0.712. The van der Waals surface area contributed by atoms with E-state index in [9.17, 15) is 14.9 Å². The van der Waals surface area contributed by atoms with Crippen LogP contribution in [0.1, 0.15) is 0 Å². The van der Waals surface area contributed by atoms with Gasteiger partial charge in [-0.2, -0.15) is 0 Å². The van der Waals surface area contributed by atoms with Crippen molar-refractivity contribution < 1.29 is 14.5 Å². The Hall–Kier alpha value is -3.09. The van der Waals surface area contributed by atoms with Crippen molar-refractivity contribution in [1.82, 2.24) is 0 Å². The van der Waals surface area contributed by atoms with Gasteiger partial charge in [0.1, 0.15) is 0 Å². The fourth-order valence-electron chi connectivity index (χ4n) is 1.73. The Bertz CT molecular complexity index is 659. The molecule has 21 heavy (non-hydrogen) atoms. The smallest absolute Gasteiger partial charge is 0.323 e. The fourth-order valence-corrected chi connectivity index (χ4v) is 1.73. The number of carbonyl (C=O) groups is 1. The predicted molar refractivity (Wildman–Crippen MR) is 78.7 cm³/mol. The molecule has 0 spiro atoms. The van der Waals surface area contributed by atoms with Gasteiger partial charge in [0.15, 0.2) is 5.75 Å². The Kier molecular flexibility index (Phi) is 4.35. The maximum atomic E-state index is 11.8. The van der Waals surface area contributed by atoms with E-state index in [1.165, 1.54) is 25.3 Å². The van der Waals surface area contributed by atoms with Gasteiger partial charge in [-0.05, 0) is 24.3 Å². The molecule has 0 saturated heterocycles. The van der Waals surface area contributed by atoms with Crippen LogP contribution in [0.15, 0.2) is 48.5 Å². The Labute approximate surface area is 120 Å². The second-order valence-corrected chi connectivity index (χ2v) is 4.09. The third-order valence-electron chi connectivity index (χ3n) is 2.67. The van der Waals surface area contributed by atoms with Crippen molar-refractivity contribution in [2.45, 2.75) is 0 Å². The van der Waals surface area contributed by atoms with Gasteiger partial charge in [-0.1, -0.05) is 18.2 Å². The van der Waals surface area contributed by atoms with Crippen LogP contribution in [0.3, 0.4) is 0 Å². The molecule has 0 aromatic heterocycles. The first kappa shape index (κ1) is 14.3. The number of nitrogens with zero attached hydrogens (tertiary/aromatic N) is 1. The normalized spacial score (nSPS) is 9.76. The highest BCUT2D eigenvalue weighted by Crippen LogP contribution is 2.29. The lowest BCUT2D eigenvalue weighted by Crippen LogP contribution is -2.19. The standard InChI is InChI=1S/C14H13N3O4/c1-21-13-8-7-11(9-12(13)17(19)20)16-14(18)15-10-5-3-2-4-6-10/h2-9H,1H3,(H2,15,16,18). The topological polar surface area (TPSA) is 93.5 Å². The lowest BCUT2D eigenvalue weighted by atomic mass is 10.2. The summed E-state index contributed by atoms with van der Waals surface area (Å²) in [7, 11) is 1.34. The number of nitrogens with one attached hydrogen (secondary N) is 2. The van der Waals surface area contributed by atoms with Gasteiger partial charge in [-0.25, -0.2) is 4.79 Å². The van der Waals surface area contributed by atoms with Crippen molar-refractivity contribution in [2.24, 2.45) is 0 Å². The maximum absolute atomic E-state index is 11.8. The number of rotatable bonds is 4. The summed E-state index contributed by atoms with van der Waals surface area (Å²) in [5.74, 6) is 0.133. The van der Waals surface area contributed by atoms with Crippen molar-refractivity contribution in [3.63, 3.8) is 0 Å². The molecule has 0 atom stereocenters. The van der Waals surface area contributed by atoms with E-state index in [0.29, 0.717) is 11.4 Å². The van der Waals surface area contributed by atoms with E-state index in [0.717, 1.165) is 0 Å². The molecule has 108 valence electrons. The number of carbonyl (C=O) groups excluding carboxylic acids is 1. The van der Waals surface area contributed by atoms with Gasteiger partial charge in [0.05, 0.1) is 12.0 Å². The summed E-state index contributed by atoms with van der Waals surface area (Å²) in [5, 5.41) is 16.1. The minimum atomic E-state index is -0.570. The molecule has 2 amide bonds. The molecule has 0 fully saturated rings. The van der Waals surface area contributed by atoms with Gasteiger partial charge in [0, 0.05) is 17.4 Å². The molecule has 0 aliphatic rings. The van der Waals surface area contributed by atoms with Gasteiger partial charge in [-0.15, -0.1) is 0 Å². The number of methoxy groups -OCH3 is 1. The van der Waals surface area contributed by atoms with Crippen LogP contribution < -0.4 is 15.4 Å². The van der Waals surface area contributed by atoms with E-state index in [2.05, 4.69) is 10.6 Å². The summed E-state index contributed by atoms with van der Waals surface area (Å²) >= 11 is 0. The Balaban J connectivity index is 2.11. The molecule has 0 bridgehead atoms. The lowest BCUT2D eigenvalue weighted by Gasteiger charge is -2.08. The summed E-state index contributed by atoms with van der Waals surface area (Å²) in [4.78, 5) is 22.1. The zero-order chi connectivity index (χ0) is 15.2. The number of urea groups is 1. The van der Waals surface area contributed by atoms with Crippen LogP contribution >= 0.6 is 0 Å². The minimum absolute atomic E-state index is 0.133. The van der Waals surface area contributed by atoms with Crippen LogP contribution in [0, 0.1) is 10.1 Å². The first-order chi connectivity index (χ1) is 10.1. The summed E-state index contributed by atoms with van der Waals surface area (Å²) in [6.07, 6.45) is 0. The summed E-state index contributed by atoms with van der Waals surface area (Å²) in [6, 6.07) is 12.6. The van der Waals surface area contributed by atoms with Crippen LogP contribution in [0.25, 0.3) is 0 Å². The third kappa shape index (κ3) is 3.69. The van der Waals surface area contributed by atoms with Crippen LogP contribution in [-0.4, -0.2) is 18.1 Å². The number of ether oxygens (including phenoxy) is 1. The second kappa shape index (κ2) is 6.38. The van der Waals surface area contributed by atoms with Crippen LogP contribution in [0.5, 0.6) is 5.75 Å². The van der Waals surface area contributed by atoms with Crippen molar-refractivity contribution in [2.75, 3.05) is 17.7 Å². The van der Waals surface area contributed by atoms with E-state index >= 15 is 0 Å². The maximum Gasteiger partial charge on any atom is 0.323 e. The highest BCUT2D eigenvalue weighted by Gasteiger charge is 2.16. The molecule has 2 aromatic rings. The monoisotopic (exact) mass is 287 g/mol. The Morgan fingerprint density at radius 2 is 1.76 bits per heavy atom. The number of nitro benzene ring substituents is 1. The van der Waals surface area contributed by atoms with Gasteiger partial charge >= 0.3 is 11.7 Å². The zero-order valence-corrected chi connectivity index (χ0v) is 11.2. The quantitative estimate of drug-likeness (QED) is 0.666. The van der Waals surface area contributed by atoms with Crippen molar-refractivity contribution in [1.29, 1.82) is 0 Å². The molecule has 2 rings (SSSR count). The Morgan fingerprint density at radius 3 is 2.38 bits per heavy atom. The number of amides is 2. The molecule has 0 aliphatic heterocycles. The van der Waals surface area contributed by atoms with Gasteiger partial charge in [-0.3, -0.25) is 10.1 Å². The van der Waals surface area contributed by atoms with Gasteiger partial charge in [0.25, 0.3) is 0 Å². The number of anilines is 2. The van der Waals surface area contributed by atoms with E-state index in [4.69, 9.17) is 4.74 Å². The molecule has 0 aliphatic carbocycles. The first-order valence-electron chi connectivity index (χ1n) is 6.05. The largest absolute Gasteiger partial charge is 0.490 e. The average molecular weight is 287 g/mol. The predicted octanol–water partition coefficient (Wildman–Crippen LogP) is 3.25. The number of para-hydroxylation sites is 1. The van der Waals surface area contributed by atoms with E-state index in [1.807, 2.05) is 6.07 Å². The highest BCUT2D eigenvalue weighted by atomic mass is 16.6. The van der Waals surface area contributed by atoms with E-state index in [1.54, 1.807) is 24.3 Å². The molecule has 7 nitrogen and oxygen atoms in total. The van der Waals surface area contributed by atoms with E-state index < -0.39 is 11.0 Å². The molecular formula is C14H13N3O4. The Morgan fingerprint density at radius 1 is 1.10 bits per heavy atom. The zero-order valence-electron chi connectivity index (χ0n) is 11.2. The van der Waals surface area contributed by atoms with Crippen LogP contribution in [0.4, 0.5) is 21.9 Å². The average Bonchev–Trinajstić information content (AvgIpc) is 2.48. The molecule has 0 saturated carbocycles. The molecule has 0 heterocycles. The highest BCUT2D eigenvalue weighted by molar-refractivity contribution is 6.00. The molecule has 2 aromatic carbocycles. The van der Waals surface area contributed by atoms with Crippen molar-refractivity contribution >= 4 is 23.1 Å². The molecule has 7 heteroatoms. The summed E-state index contributed by atoms with van der Waals surface area (Å²) in [6.45, 7) is 0. The number of benzene rings is 2. The van der Waals surface area contributed by atoms with Gasteiger partial charge < -0.3 is 15.4 Å². The third-order valence-corrected chi connectivity index (χ3v) is 2.67. The number of nitro groups is 1. The lowest BCUT2D eigenvalue weighted by molar-refractivity contribution is -0.385. The second-order valence-electron chi connectivity index (χ2n) is 4.09. The molecule has 0 unspecified atom stereocenters.